The first-order valence-electron chi connectivity index (χ1n) is 6.00. The van der Waals surface area contributed by atoms with Crippen LogP contribution in [-0.2, 0) is 9.53 Å². The van der Waals surface area contributed by atoms with Gasteiger partial charge in [0.25, 0.3) is 5.91 Å². The number of amides is 1. The Morgan fingerprint density at radius 2 is 2.25 bits per heavy atom. The average Bonchev–Trinajstić information content (AvgIpc) is 2.46. The molecule has 1 aliphatic heterocycles. The van der Waals surface area contributed by atoms with Gasteiger partial charge in [0, 0.05) is 6.54 Å². The van der Waals surface area contributed by atoms with Crippen LogP contribution >= 0.6 is 11.6 Å². The Bertz CT molecular complexity index is 533. The van der Waals surface area contributed by atoms with Crippen LogP contribution < -0.4 is 4.74 Å². The zero-order valence-corrected chi connectivity index (χ0v) is 11.6. The van der Waals surface area contributed by atoms with Gasteiger partial charge in [-0.05, 0) is 12.1 Å². The van der Waals surface area contributed by atoms with Gasteiger partial charge in [-0.15, -0.1) is 0 Å². The minimum absolute atomic E-state index is 0.0114. The van der Waals surface area contributed by atoms with Crippen molar-refractivity contribution in [2.45, 2.75) is 6.10 Å². The van der Waals surface area contributed by atoms with Crippen LogP contribution in [0.25, 0.3) is 0 Å². The summed E-state index contributed by atoms with van der Waals surface area (Å²) in [5.41, 5.74) is 0.239. The van der Waals surface area contributed by atoms with Gasteiger partial charge in [-0.1, -0.05) is 17.7 Å². The summed E-state index contributed by atoms with van der Waals surface area (Å²) in [4.78, 5) is 24.8. The van der Waals surface area contributed by atoms with E-state index < -0.39 is 12.1 Å². The maximum absolute atomic E-state index is 12.5. The minimum Gasteiger partial charge on any atom is -0.496 e. The SMILES string of the molecule is COc1cccc(Cl)c1C(=O)N1CCOC(C(=O)O)C1. The van der Waals surface area contributed by atoms with Gasteiger partial charge in [0.1, 0.15) is 11.3 Å². The number of nitrogens with zero attached hydrogens (tertiary/aromatic N) is 1. The van der Waals surface area contributed by atoms with Crippen LogP contribution in [-0.4, -0.2) is 54.8 Å². The molecule has 20 heavy (non-hydrogen) atoms. The van der Waals surface area contributed by atoms with Crippen molar-refractivity contribution < 1.29 is 24.2 Å². The van der Waals surface area contributed by atoms with Crippen molar-refractivity contribution in [2.24, 2.45) is 0 Å². The minimum atomic E-state index is -1.09. The Morgan fingerprint density at radius 3 is 2.90 bits per heavy atom. The molecule has 1 amide bonds. The lowest BCUT2D eigenvalue weighted by Crippen LogP contribution is -2.48. The molecule has 0 spiro atoms. The second kappa shape index (κ2) is 6.11. The normalized spacial score (nSPS) is 18.7. The first-order valence-corrected chi connectivity index (χ1v) is 6.38. The zero-order chi connectivity index (χ0) is 14.7. The Labute approximate surface area is 120 Å². The molecule has 0 bridgehead atoms. The number of carbonyl (C=O) groups excluding carboxylic acids is 1. The lowest BCUT2D eigenvalue weighted by atomic mass is 10.1. The van der Waals surface area contributed by atoms with Crippen molar-refractivity contribution in [3.63, 3.8) is 0 Å². The number of rotatable bonds is 3. The van der Waals surface area contributed by atoms with Crippen LogP contribution in [0, 0.1) is 0 Å². The average molecular weight is 300 g/mol. The third-order valence-corrected chi connectivity index (χ3v) is 3.35. The molecule has 1 N–H and O–H groups in total. The number of benzene rings is 1. The van der Waals surface area contributed by atoms with Crippen molar-refractivity contribution in [2.75, 3.05) is 26.8 Å². The number of carboxylic acid groups (broad SMARTS) is 1. The molecule has 0 radical (unpaired) electrons. The van der Waals surface area contributed by atoms with Crippen molar-refractivity contribution in [3.8, 4) is 5.75 Å². The number of ether oxygens (including phenoxy) is 2. The van der Waals surface area contributed by atoms with Crippen molar-refractivity contribution in [1.82, 2.24) is 4.90 Å². The van der Waals surface area contributed by atoms with Gasteiger partial charge in [-0.2, -0.15) is 0 Å². The lowest BCUT2D eigenvalue weighted by molar-refractivity contribution is -0.154. The van der Waals surface area contributed by atoms with E-state index in [1.807, 2.05) is 0 Å². The van der Waals surface area contributed by atoms with E-state index in [0.717, 1.165) is 0 Å². The highest BCUT2D eigenvalue weighted by Crippen LogP contribution is 2.28. The van der Waals surface area contributed by atoms with E-state index >= 15 is 0 Å². The Balaban J connectivity index is 2.25. The predicted molar refractivity (Wildman–Crippen MR) is 71.3 cm³/mol. The van der Waals surface area contributed by atoms with E-state index in [1.165, 1.54) is 12.0 Å². The molecule has 0 saturated carbocycles. The fraction of sp³-hybridized carbons (Fsp3) is 0.385. The van der Waals surface area contributed by atoms with Gasteiger partial charge >= 0.3 is 5.97 Å². The maximum atomic E-state index is 12.5. The third kappa shape index (κ3) is 2.86. The van der Waals surface area contributed by atoms with E-state index in [-0.39, 0.29) is 29.6 Å². The highest BCUT2D eigenvalue weighted by molar-refractivity contribution is 6.34. The van der Waals surface area contributed by atoms with Gasteiger partial charge in [0.15, 0.2) is 6.10 Å². The summed E-state index contributed by atoms with van der Waals surface area (Å²) in [7, 11) is 1.45. The van der Waals surface area contributed by atoms with Crippen LogP contribution in [0.15, 0.2) is 18.2 Å². The largest absolute Gasteiger partial charge is 0.496 e. The molecule has 1 saturated heterocycles. The summed E-state index contributed by atoms with van der Waals surface area (Å²) >= 11 is 6.05. The Morgan fingerprint density at radius 1 is 1.50 bits per heavy atom. The molecule has 1 heterocycles. The number of methoxy groups -OCH3 is 1. The van der Waals surface area contributed by atoms with Gasteiger partial charge in [-0.3, -0.25) is 4.79 Å². The summed E-state index contributed by atoms with van der Waals surface area (Å²) in [6, 6.07) is 4.90. The molecule has 1 unspecified atom stereocenters. The van der Waals surface area contributed by atoms with Crippen molar-refractivity contribution in [1.29, 1.82) is 0 Å². The molecule has 2 rings (SSSR count). The Hall–Kier alpha value is -1.79. The van der Waals surface area contributed by atoms with Gasteiger partial charge in [-0.25, -0.2) is 4.79 Å². The highest BCUT2D eigenvalue weighted by atomic mass is 35.5. The van der Waals surface area contributed by atoms with E-state index in [0.29, 0.717) is 12.3 Å². The lowest BCUT2D eigenvalue weighted by Gasteiger charge is -2.31. The summed E-state index contributed by atoms with van der Waals surface area (Å²) in [6.45, 7) is 0.481. The van der Waals surface area contributed by atoms with Crippen LogP contribution in [0.1, 0.15) is 10.4 Å². The van der Waals surface area contributed by atoms with E-state index in [1.54, 1.807) is 18.2 Å². The maximum Gasteiger partial charge on any atom is 0.334 e. The number of carboxylic acids is 1. The molecule has 108 valence electrons. The predicted octanol–water partition coefficient (Wildman–Crippen LogP) is 1.27. The molecule has 6 nitrogen and oxygen atoms in total. The topological polar surface area (TPSA) is 76.1 Å². The van der Waals surface area contributed by atoms with Gasteiger partial charge < -0.3 is 19.5 Å². The number of hydrogen-bond donors (Lipinski definition) is 1. The quantitative estimate of drug-likeness (QED) is 0.910. The van der Waals surface area contributed by atoms with Crippen LogP contribution in [0.5, 0.6) is 5.75 Å². The Kier molecular flexibility index (Phi) is 4.46. The number of halogens is 1. The fourth-order valence-electron chi connectivity index (χ4n) is 2.02. The molecule has 1 atom stereocenters. The summed E-state index contributed by atoms with van der Waals surface area (Å²) in [5.74, 6) is -1.09. The number of hydrogen-bond acceptors (Lipinski definition) is 4. The molecule has 1 fully saturated rings. The molecular weight excluding hydrogens is 286 g/mol. The summed E-state index contributed by atoms with van der Waals surface area (Å²) < 4.78 is 10.2. The van der Waals surface area contributed by atoms with Crippen LogP contribution in [0.3, 0.4) is 0 Å². The zero-order valence-electron chi connectivity index (χ0n) is 10.8. The number of carbonyl (C=O) groups is 2. The monoisotopic (exact) mass is 299 g/mol. The second-order valence-electron chi connectivity index (χ2n) is 4.27. The van der Waals surface area contributed by atoms with E-state index in [2.05, 4.69) is 0 Å². The first kappa shape index (κ1) is 14.6. The molecule has 1 aromatic carbocycles. The molecule has 0 aromatic heterocycles. The van der Waals surface area contributed by atoms with Crippen LogP contribution in [0.4, 0.5) is 0 Å². The third-order valence-electron chi connectivity index (χ3n) is 3.04. The standard InChI is InChI=1S/C13H14ClNO5/c1-19-9-4-2-3-8(14)11(9)12(16)15-5-6-20-10(7-15)13(17)18/h2-4,10H,5-7H2,1H3,(H,17,18). The van der Waals surface area contributed by atoms with E-state index in [9.17, 15) is 9.59 Å². The van der Waals surface area contributed by atoms with Crippen LogP contribution in [0.2, 0.25) is 5.02 Å². The summed E-state index contributed by atoms with van der Waals surface area (Å²) in [6.07, 6.45) is -1.01. The molecule has 0 aliphatic carbocycles. The fourth-order valence-corrected chi connectivity index (χ4v) is 2.27. The van der Waals surface area contributed by atoms with Crippen molar-refractivity contribution in [3.05, 3.63) is 28.8 Å². The number of aliphatic carboxylic acids is 1. The molecular formula is C13H14ClNO5. The summed E-state index contributed by atoms with van der Waals surface area (Å²) in [5, 5.41) is 9.22. The smallest absolute Gasteiger partial charge is 0.334 e. The van der Waals surface area contributed by atoms with Gasteiger partial charge in [0.2, 0.25) is 0 Å². The highest BCUT2D eigenvalue weighted by Gasteiger charge is 2.31. The van der Waals surface area contributed by atoms with Gasteiger partial charge in [0.05, 0.1) is 25.3 Å². The first-order chi connectivity index (χ1) is 9.54. The van der Waals surface area contributed by atoms with Crippen molar-refractivity contribution >= 4 is 23.5 Å². The molecule has 1 aromatic rings. The second-order valence-corrected chi connectivity index (χ2v) is 4.67. The molecule has 7 heteroatoms. The van der Waals surface area contributed by atoms with E-state index in [4.69, 9.17) is 26.2 Å². The number of morpholine rings is 1. The molecule has 1 aliphatic rings.